The highest BCUT2D eigenvalue weighted by atomic mass is 15.2. The van der Waals surface area contributed by atoms with Gasteiger partial charge in [-0.1, -0.05) is 23.8 Å². The van der Waals surface area contributed by atoms with Crippen LogP contribution in [-0.4, -0.2) is 31.1 Å². The fourth-order valence-electron chi connectivity index (χ4n) is 2.35. The molecule has 0 spiro atoms. The molecule has 0 aromatic heterocycles. The van der Waals surface area contributed by atoms with Crippen molar-refractivity contribution >= 4 is 0 Å². The van der Waals surface area contributed by atoms with Crippen LogP contribution in [0.1, 0.15) is 23.1 Å². The van der Waals surface area contributed by atoms with Gasteiger partial charge in [0.05, 0.1) is 0 Å². The van der Waals surface area contributed by atoms with Gasteiger partial charge in [-0.2, -0.15) is 0 Å². The van der Waals surface area contributed by atoms with E-state index < -0.39 is 0 Å². The van der Waals surface area contributed by atoms with Crippen molar-refractivity contribution in [3.63, 3.8) is 0 Å². The number of likely N-dealkylation sites (tertiary alicyclic amines) is 1. The first kappa shape index (κ1) is 11.6. The summed E-state index contributed by atoms with van der Waals surface area (Å²) in [5.74, 6) is 0. The van der Waals surface area contributed by atoms with Crippen LogP contribution in [-0.2, 0) is 6.54 Å². The van der Waals surface area contributed by atoms with Crippen molar-refractivity contribution in [2.24, 2.45) is 0 Å². The number of nitrogens with zero attached hydrogens (tertiary/aromatic N) is 1. The molecule has 1 aromatic carbocycles. The Kier molecular flexibility index (Phi) is 3.62. The minimum Gasteiger partial charge on any atom is -0.309 e. The van der Waals surface area contributed by atoms with E-state index in [9.17, 15) is 0 Å². The van der Waals surface area contributed by atoms with Gasteiger partial charge in [0.1, 0.15) is 0 Å². The van der Waals surface area contributed by atoms with Gasteiger partial charge in [0.2, 0.25) is 0 Å². The molecule has 16 heavy (non-hydrogen) atoms. The molecule has 0 amide bonds. The van der Waals surface area contributed by atoms with Crippen LogP contribution in [0.5, 0.6) is 0 Å². The molecule has 2 heteroatoms. The van der Waals surface area contributed by atoms with E-state index in [2.05, 4.69) is 49.3 Å². The van der Waals surface area contributed by atoms with Crippen molar-refractivity contribution in [1.29, 1.82) is 0 Å². The lowest BCUT2D eigenvalue weighted by molar-refractivity contribution is 0.397. The highest BCUT2D eigenvalue weighted by molar-refractivity contribution is 5.30. The van der Waals surface area contributed by atoms with Crippen LogP contribution in [0.3, 0.4) is 0 Å². The molecule has 0 bridgehead atoms. The van der Waals surface area contributed by atoms with Gasteiger partial charge in [0.15, 0.2) is 0 Å². The Morgan fingerprint density at radius 3 is 2.88 bits per heavy atom. The van der Waals surface area contributed by atoms with E-state index in [0.29, 0.717) is 6.04 Å². The number of aryl methyl sites for hydroxylation is 2. The van der Waals surface area contributed by atoms with Crippen LogP contribution in [0.4, 0.5) is 0 Å². The third-order valence-corrected chi connectivity index (χ3v) is 3.48. The number of benzene rings is 1. The maximum absolute atomic E-state index is 3.65. The fourth-order valence-corrected chi connectivity index (χ4v) is 2.35. The molecule has 1 atom stereocenters. The average molecular weight is 218 g/mol. The van der Waals surface area contributed by atoms with Gasteiger partial charge in [0.25, 0.3) is 0 Å². The van der Waals surface area contributed by atoms with Gasteiger partial charge in [0, 0.05) is 19.1 Å². The zero-order valence-corrected chi connectivity index (χ0v) is 10.6. The molecule has 1 aromatic rings. The number of rotatable bonds is 3. The van der Waals surface area contributed by atoms with Crippen LogP contribution < -0.4 is 5.32 Å². The summed E-state index contributed by atoms with van der Waals surface area (Å²) in [4.78, 5) is 2.39. The van der Waals surface area contributed by atoms with E-state index in [4.69, 9.17) is 0 Å². The van der Waals surface area contributed by atoms with Crippen molar-refractivity contribution in [2.75, 3.05) is 20.1 Å². The monoisotopic (exact) mass is 218 g/mol. The van der Waals surface area contributed by atoms with Crippen molar-refractivity contribution < 1.29 is 0 Å². The molecule has 0 saturated carbocycles. The molecule has 1 aliphatic rings. The largest absolute Gasteiger partial charge is 0.309 e. The quantitative estimate of drug-likeness (QED) is 0.836. The molecule has 0 aliphatic carbocycles. The summed E-state index contributed by atoms with van der Waals surface area (Å²) in [6.07, 6.45) is 1.28. The first-order valence-electron chi connectivity index (χ1n) is 6.13. The van der Waals surface area contributed by atoms with Gasteiger partial charge < -0.3 is 10.2 Å². The van der Waals surface area contributed by atoms with Crippen LogP contribution in [0.25, 0.3) is 0 Å². The zero-order valence-electron chi connectivity index (χ0n) is 10.6. The molecule has 1 saturated heterocycles. The van der Waals surface area contributed by atoms with Gasteiger partial charge in [-0.25, -0.2) is 0 Å². The Bertz CT molecular complexity index is 360. The van der Waals surface area contributed by atoms with Crippen LogP contribution in [0.15, 0.2) is 18.2 Å². The second-order valence-electron chi connectivity index (χ2n) is 5.06. The van der Waals surface area contributed by atoms with Gasteiger partial charge in [-0.15, -0.1) is 0 Å². The Balaban J connectivity index is 1.91. The summed E-state index contributed by atoms with van der Waals surface area (Å²) in [7, 11) is 2.19. The summed E-state index contributed by atoms with van der Waals surface area (Å²) < 4.78 is 0. The van der Waals surface area contributed by atoms with E-state index in [1.807, 2.05) is 0 Å². The standard InChI is InChI=1S/C14H22N2/c1-11-4-5-12(2)13(8-11)9-15-14-6-7-16(3)10-14/h4-5,8,14-15H,6-7,9-10H2,1-3H3. The number of nitrogens with one attached hydrogen (secondary N) is 1. The van der Waals surface area contributed by atoms with Gasteiger partial charge in [-0.3, -0.25) is 0 Å². The Morgan fingerprint density at radius 2 is 2.19 bits per heavy atom. The van der Waals surface area contributed by atoms with Crippen molar-refractivity contribution in [2.45, 2.75) is 32.9 Å². The highest BCUT2D eigenvalue weighted by Gasteiger charge is 2.18. The summed E-state index contributed by atoms with van der Waals surface area (Å²) >= 11 is 0. The van der Waals surface area contributed by atoms with Crippen molar-refractivity contribution in [1.82, 2.24) is 10.2 Å². The number of hydrogen-bond donors (Lipinski definition) is 1. The van der Waals surface area contributed by atoms with Crippen LogP contribution in [0.2, 0.25) is 0 Å². The third-order valence-electron chi connectivity index (χ3n) is 3.48. The summed E-state index contributed by atoms with van der Waals surface area (Å²) in [5, 5.41) is 3.65. The normalized spacial score (nSPS) is 21.6. The summed E-state index contributed by atoms with van der Waals surface area (Å²) in [6.45, 7) is 7.77. The van der Waals surface area contributed by atoms with E-state index in [1.165, 1.54) is 36.2 Å². The molecule has 88 valence electrons. The van der Waals surface area contributed by atoms with E-state index in [-0.39, 0.29) is 0 Å². The predicted octanol–water partition coefficient (Wildman–Crippen LogP) is 2.10. The number of hydrogen-bond acceptors (Lipinski definition) is 2. The van der Waals surface area contributed by atoms with Gasteiger partial charge >= 0.3 is 0 Å². The molecule has 1 unspecified atom stereocenters. The Hall–Kier alpha value is -0.860. The van der Waals surface area contributed by atoms with Crippen LogP contribution in [0, 0.1) is 13.8 Å². The maximum atomic E-state index is 3.65. The average Bonchev–Trinajstić information content (AvgIpc) is 2.66. The first-order valence-corrected chi connectivity index (χ1v) is 6.13. The third kappa shape index (κ3) is 2.83. The molecule has 2 nitrogen and oxygen atoms in total. The second-order valence-corrected chi connectivity index (χ2v) is 5.06. The zero-order chi connectivity index (χ0) is 11.5. The molecule has 1 aliphatic heterocycles. The molecule has 2 rings (SSSR count). The SMILES string of the molecule is Cc1ccc(C)c(CNC2CCN(C)C2)c1. The smallest absolute Gasteiger partial charge is 0.0211 e. The molecule has 0 radical (unpaired) electrons. The fraction of sp³-hybridized carbons (Fsp3) is 0.571. The highest BCUT2D eigenvalue weighted by Crippen LogP contribution is 2.12. The maximum Gasteiger partial charge on any atom is 0.0211 e. The lowest BCUT2D eigenvalue weighted by Crippen LogP contribution is -2.31. The van der Waals surface area contributed by atoms with Crippen LogP contribution >= 0.6 is 0 Å². The molecule has 1 heterocycles. The summed E-state index contributed by atoms with van der Waals surface area (Å²) in [5.41, 5.74) is 4.19. The first-order chi connectivity index (χ1) is 7.65. The number of likely N-dealkylation sites (N-methyl/N-ethyl adjacent to an activating group) is 1. The molecular formula is C14H22N2. The predicted molar refractivity (Wildman–Crippen MR) is 68.7 cm³/mol. The van der Waals surface area contributed by atoms with Crippen molar-refractivity contribution in [3.05, 3.63) is 34.9 Å². The Morgan fingerprint density at radius 1 is 1.38 bits per heavy atom. The summed E-state index contributed by atoms with van der Waals surface area (Å²) in [6, 6.07) is 7.36. The molecule has 1 fully saturated rings. The Labute approximate surface area is 98.7 Å². The van der Waals surface area contributed by atoms with Gasteiger partial charge in [-0.05, 0) is 45.0 Å². The lowest BCUT2D eigenvalue weighted by atomic mass is 10.1. The molecule has 1 N–H and O–H groups in total. The lowest BCUT2D eigenvalue weighted by Gasteiger charge is -2.14. The topological polar surface area (TPSA) is 15.3 Å². The van der Waals surface area contributed by atoms with E-state index in [1.54, 1.807) is 0 Å². The second kappa shape index (κ2) is 4.98. The van der Waals surface area contributed by atoms with E-state index in [0.717, 1.165) is 6.54 Å². The van der Waals surface area contributed by atoms with E-state index >= 15 is 0 Å². The molecular weight excluding hydrogens is 196 g/mol. The van der Waals surface area contributed by atoms with Crippen molar-refractivity contribution in [3.8, 4) is 0 Å². The minimum atomic E-state index is 0.671. The minimum absolute atomic E-state index is 0.671.